The third-order valence-corrected chi connectivity index (χ3v) is 4.03. The second kappa shape index (κ2) is 4.45. The van der Waals surface area contributed by atoms with E-state index in [0.717, 1.165) is 41.9 Å². The molecule has 3 heterocycles. The lowest BCUT2D eigenvalue weighted by molar-refractivity contribution is 0.472. The molecule has 3 aromatic rings. The highest BCUT2D eigenvalue weighted by Gasteiger charge is 2.23. The predicted molar refractivity (Wildman–Crippen MR) is 77.3 cm³/mol. The maximum absolute atomic E-state index is 4.71. The van der Waals surface area contributed by atoms with Crippen LogP contribution < -0.4 is 5.32 Å². The van der Waals surface area contributed by atoms with Crippen molar-refractivity contribution < 1.29 is 0 Å². The molecule has 1 unspecified atom stereocenters. The van der Waals surface area contributed by atoms with Gasteiger partial charge < -0.3 is 15.3 Å². The summed E-state index contributed by atoms with van der Waals surface area (Å²) >= 11 is 0. The highest BCUT2D eigenvalue weighted by atomic mass is 15.1. The molecule has 0 fully saturated rings. The van der Waals surface area contributed by atoms with Crippen molar-refractivity contribution in [1.29, 1.82) is 0 Å². The fraction of sp³-hybridized carbons (Fsp3) is 0.333. The molecule has 0 radical (unpaired) electrons. The molecule has 0 saturated carbocycles. The minimum absolute atomic E-state index is 0.211. The van der Waals surface area contributed by atoms with E-state index in [2.05, 4.69) is 45.4 Å². The van der Waals surface area contributed by atoms with Gasteiger partial charge >= 0.3 is 0 Å². The first-order valence-electron chi connectivity index (χ1n) is 7.06. The maximum atomic E-state index is 4.71. The number of hydrogen-bond acceptors (Lipinski definition) is 3. The van der Waals surface area contributed by atoms with Gasteiger partial charge in [-0.3, -0.25) is 0 Å². The lowest BCUT2D eigenvalue weighted by Crippen LogP contribution is -2.29. The number of aromatic nitrogens is 4. The Bertz CT molecular complexity index is 755. The Morgan fingerprint density at radius 2 is 2.30 bits per heavy atom. The minimum Gasteiger partial charge on any atom is -0.347 e. The number of rotatable bonds is 2. The summed E-state index contributed by atoms with van der Waals surface area (Å²) in [5.41, 5.74) is 5.81. The van der Waals surface area contributed by atoms with E-state index in [1.54, 1.807) is 6.33 Å². The van der Waals surface area contributed by atoms with E-state index in [1.165, 1.54) is 11.3 Å². The highest BCUT2D eigenvalue weighted by molar-refractivity contribution is 5.76. The molecule has 20 heavy (non-hydrogen) atoms. The van der Waals surface area contributed by atoms with Crippen LogP contribution >= 0.6 is 0 Å². The molecule has 1 atom stereocenters. The van der Waals surface area contributed by atoms with Crippen molar-refractivity contribution >= 4 is 11.0 Å². The first-order chi connectivity index (χ1) is 9.83. The Morgan fingerprint density at radius 1 is 1.35 bits per heavy atom. The van der Waals surface area contributed by atoms with Crippen LogP contribution in [0.15, 0.2) is 24.5 Å². The topological polar surface area (TPSA) is 69.4 Å². The van der Waals surface area contributed by atoms with Gasteiger partial charge in [0.2, 0.25) is 0 Å². The van der Waals surface area contributed by atoms with Crippen molar-refractivity contribution in [2.45, 2.75) is 32.4 Å². The average molecular weight is 267 g/mol. The van der Waals surface area contributed by atoms with Gasteiger partial charge in [-0.1, -0.05) is 13.0 Å². The van der Waals surface area contributed by atoms with E-state index in [4.69, 9.17) is 4.98 Å². The van der Waals surface area contributed by atoms with Gasteiger partial charge in [-0.15, -0.1) is 0 Å². The molecule has 4 rings (SSSR count). The van der Waals surface area contributed by atoms with Crippen LogP contribution in [0.2, 0.25) is 0 Å². The summed E-state index contributed by atoms with van der Waals surface area (Å²) in [5.74, 6) is 1.00. The van der Waals surface area contributed by atoms with Crippen LogP contribution in [-0.4, -0.2) is 19.9 Å². The van der Waals surface area contributed by atoms with Gasteiger partial charge in [-0.25, -0.2) is 9.97 Å². The van der Waals surface area contributed by atoms with Gasteiger partial charge in [-0.2, -0.15) is 0 Å². The van der Waals surface area contributed by atoms with Crippen molar-refractivity contribution in [2.24, 2.45) is 0 Å². The molecule has 2 aromatic heterocycles. The summed E-state index contributed by atoms with van der Waals surface area (Å²) in [6.07, 6.45) is 3.68. The molecule has 102 valence electrons. The van der Waals surface area contributed by atoms with E-state index >= 15 is 0 Å². The second-order valence-electron chi connectivity index (χ2n) is 5.29. The Morgan fingerprint density at radius 3 is 3.20 bits per heavy atom. The van der Waals surface area contributed by atoms with Gasteiger partial charge in [0.25, 0.3) is 0 Å². The summed E-state index contributed by atoms with van der Waals surface area (Å²) in [5, 5.41) is 3.50. The van der Waals surface area contributed by atoms with Gasteiger partial charge in [-0.05, 0) is 24.1 Å². The predicted octanol–water partition coefficient (Wildman–Crippen LogP) is 2.24. The normalized spacial score (nSPS) is 18.4. The van der Waals surface area contributed by atoms with Crippen LogP contribution in [0.4, 0.5) is 0 Å². The molecule has 0 amide bonds. The van der Waals surface area contributed by atoms with E-state index in [1.807, 2.05) is 0 Å². The van der Waals surface area contributed by atoms with Crippen molar-refractivity contribution in [3.8, 4) is 0 Å². The van der Waals surface area contributed by atoms with Crippen LogP contribution in [0.25, 0.3) is 11.0 Å². The first kappa shape index (κ1) is 11.7. The van der Waals surface area contributed by atoms with Crippen LogP contribution in [-0.2, 0) is 19.4 Å². The summed E-state index contributed by atoms with van der Waals surface area (Å²) in [6, 6.07) is 6.64. The third-order valence-electron chi connectivity index (χ3n) is 4.03. The number of nitrogens with zero attached hydrogens (tertiary/aromatic N) is 2. The monoisotopic (exact) mass is 267 g/mol. The standard InChI is InChI=1S/C15H17N5/c1-2-9-3-4-10-12(5-9)20-15(19-10)13-6-11-14(7-16-13)18-8-17-11/h3-5,8,13,16H,2,6-7H2,1H3,(H,17,18)(H,19,20). The van der Waals surface area contributed by atoms with Crippen LogP contribution in [0, 0.1) is 0 Å². The van der Waals surface area contributed by atoms with Gasteiger partial charge in [0.1, 0.15) is 5.82 Å². The van der Waals surface area contributed by atoms with Crippen molar-refractivity contribution in [3.05, 3.63) is 47.3 Å². The summed E-state index contributed by atoms with van der Waals surface area (Å²) in [7, 11) is 0. The zero-order valence-corrected chi connectivity index (χ0v) is 11.4. The largest absolute Gasteiger partial charge is 0.347 e. The lowest BCUT2D eigenvalue weighted by atomic mass is 10.1. The Kier molecular flexibility index (Phi) is 2.60. The van der Waals surface area contributed by atoms with E-state index < -0.39 is 0 Å². The lowest BCUT2D eigenvalue weighted by Gasteiger charge is -2.20. The zero-order valence-electron chi connectivity index (χ0n) is 11.4. The number of nitrogens with one attached hydrogen (secondary N) is 3. The first-order valence-corrected chi connectivity index (χ1v) is 7.06. The fourth-order valence-electron chi connectivity index (χ4n) is 2.82. The maximum Gasteiger partial charge on any atom is 0.124 e. The van der Waals surface area contributed by atoms with Gasteiger partial charge in [0.15, 0.2) is 0 Å². The Labute approximate surface area is 116 Å². The molecule has 3 N–H and O–H groups in total. The molecule has 0 saturated heterocycles. The van der Waals surface area contributed by atoms with Crippen molar-refractivity contribution in [2.75, 3.05) is 0 Å². The fourth-order valence-corrected chi connectivity index (χ4v) is 2.82. The summed E-state index contributed by atoms with van der Waals surface area (Å²) in [6.45, 7) is 2.98. The highest BCUT2D eigenvalue weighted by Crippen LogP contribution is 2.24. The summed E-state index contributed by atoms with van der Waals surface area (Å²) in [4.78, 5) is 15.7. The number of hydrogen-bond donors (Lipinski definition) is 3. The Balaban J connectivity index is 1.69. The van der Waals surface area contributed by atoms with E-state index in [0.29, 0.717) is 0 Å². The molecule has 1 aromatic carbocycles. The van der Waals surface area contributed by atoms with Gasteiger partial charge in [0, 0.05) is 13.0 Å². The number of aryl methyl sites for hydroxylation is 1. The zero-order chi connectivity index (χ0) is 13.5. The molecule has 0 bridgehead atoms. The van der Waals surface area contributed by atoms with E-state index in [9.17, 15) is 0 Å². The number of H-pyrrole nitrogens is 2. The molecule has 1 aliphatic heterocycles. The second-order valence-corrected chi connectivity index (χ2v) is 5.29. The number of aromatic amines is 2. The van der Waals surface area contributed by atoms with Gasteiger partial charge in [0.05, 0.1) is 34.8 Å². The molecule has 5 heteroatoms. The number of fused-ring (bicyclic) bond motifs is 2. The van der Waals surface area contributed by atoms with Crippen LogP contribution in [0.5, 0.6) is 0 Å². The molecule has 0 spiro atoms. The van der Waals surface area contributed by atoms with Crippen LogP contribution in [0.3, 0.4) is 0 Å². The molecule has 0 aliphatic carbocycles. The quantitative estimate of drug-likeness (QED) is 0.667. The van der Waals surface area contributed by atoms with Crippen molar-refractivity contribution in [3.63, 3.8) is 0 Å². The SMILES string of the molecule is CCc1ccc2nc(C3Cc4nc[nH]c4CN3)[nH]c2c1. The Hall–Kier alpha value is -2.14. The molecular weight excluding hydrogens is 250 g/mol. The van der Waals surface area contributed by atoms with Crippen molar-refractivity contribution in [1.82, 2.24) is 25.3 Å². The molecule has 1 aliphatic rings. The van der Waals surface area contributed by atoms with Crippen LogP contribution in [0.1, 0.15) is 35.7 Å². The molecular formula is C15H17N5. The number of imidazole rings is 2. The van der Waals surface area contributed by atoms with E-state index in [-0.39, 0.29) is 6.04 Å². The number of benzene rings is 1. The molecule has 5 nitrogen and oxygen atoms in total. The third kappa shape index (κ3) is 1.82. The smallest absolute Gasteiger partial charge is 0.124 e. The minimum atomic E-state index is 0.211. The average Bonchev–Trinajstić information content (AvgIpc) is 3.11. The summed E-state index contributed by atoms with van der Waals surface area (Å²) < 4.78 is 0.